The number of carbonyl (C=O) groups excluding carboxylic acids is 1. The largest absolute Gasteiger partial charge is 0.379 e. The molecule has 0 aromatic heterocycles. The highest BCUT2D eigenvalue weighted by Gasteiger charge is 2.45. The van der Waals surface area contributed by atoms with Crippen LogP contribution in [-0.4, -0.2) is 35.2 Å². The normalized spacial score (nSPS) is 25.5. The predicted molar refractivity (Wildman–Crippen MR) is 72.9 cm³/mol. The average Bonchev–Trinajstić information content (AvgIpc) is 3.09. The quantitative estimate of drug-likeness (QED) is 0.832. The van der Waals surface area contributed by atoms with Gasteiger partial charge in [0.15, 0.2) is 0 Å². The molecule has 0 bridgehead atoms. The van der Waals surface area contributed by atoms with E-state index in [0.717, 1.165) is 31.5 Å². The number of benzene rings is 1. The molecule has 2 aliphatic rings. The lowest BCUT2D eigenvalue weighted by molar-refractivity contribution is -0.152. The summed E-state index contributed by atoms with van der Waals surface area (Å²) >= 11 is 0. The molecule has 1 atom stereocenters. The summed E-state index contributed by atoms with van der Waals surface area (Å²) in [5, 5.41) is 4.03. The van der Waals surface area contributed by atoms with Crippen molar-refractivity contribution < 1.29 is 14.0 Å². The molecular weight excluding hydrogens is 259 g/mol. The molecule has 0 aliphatic carbocycles. The van der Waals surface area contributed by atoms with Gasteiger partial charge in [-0.2, -0.15) is 0 Å². The molecule has 1 amide bonds. The van der Waals surface area contributed by atoms with Crippen molar-refractivity contribution in [1.29, 1.82) is 0 Å². The molecule has 2 aliphatic heterocycles. The molecule has 4 nitrogen and oxygen atoms in total. The van der Waals surface area contributed by atoms with E-state index in [1.54, 1.807) is 19.1 Å². The van der Waals surface area contributed by atoms with Gasteiger partial charge in [-0.1, -0.05) is 17.3 Å². The zero-order chi connectivity index (χ0) is 14.2. The predicted octanol–water partition coefficient (Wildman–Crippen LogP) is 2.33. The number of hydrogen-bond acceptors (Lipinski definition) is 3. The van der Waals surface area contributed by atoms with Crippen molar-refractivity contribution in [3.8, 4) is 0 Å². The first-order valence-corrected chi connectivity index (χ1v) is 6.89. The second kappa shape index (κ2) is 4.89. The second-order valence-electron chi connectivity index (χ2n) is 5.54. The molecule has 0 unspecified atom stereocenters. The van der Waals surface area contributed by atoms with E-state index in [1.165, 1.54) is 12.1 Å². The van der Waals surface area contributed by atoms with Gasteiger partial charge in [0.25, 0.3) is 5.91 Å². The van der Waals surface area contributed by atoms with Gasteiger partial charge in [-0.3, -0.25) is 4.79 Å². The second-order valence-corrected chi connectivity index (χ2v) is 5.54. The Hall–Kier alpha value is -1.91. The molecule has 1 aromatic rings. The van der Waals surface area contributed by atoms with Gasteiger partial charge in [0, 0.05) is 19.5 Å². The van der Waals surface area contributed by atoms with Crippen molar-refractivity contribution in [2.45, 2.75) is 31.8 Å². The Labute approximate surface area is 117 Å². The SMILES string of the molecule is C[C@@]1(C(=O)N2CCCC2)CC(c2ccc(F)cc2)=NO1. The van der Waals surface area contributed by atoms with Gasteiger partial charge in [-0.25, -0.2) is 4.39 Å². The van der Waals surface area contributed by atoms with Gasteiger partial charge in [0.05, 0.1) is 5.71 Å². The van der Waals surface area contributed by atoms with E-state index in [4.69, 9.17) is 4.84 Å². The summed E-state index contributed by atoms with van der Waals surface area (Å²) in [5.74, 6) is -0.292. The van der Waals surface area contributed by atoms with Crippen molar-refractivity contribution in [3.05, 3.63) is 35.6 Å². The first-order valence-electron chi connectivity index (χ1n) is 6.89. The van der Waals surface area contributed by atoms with Crippen molar-refractivity contribution >= 4 is 11.6 Å². The summed E-state index contributed by atoms with van der Waals surface area (Å²) in [6.07, 6.45) is 2.52. The van der Waals surface area contributed by atoms with E-state index < -0.39 is 5.60 Å². The van der Waals surface area contributed by atoms with Crippen LogP contribution >= 0.6 is 0 Å². The van der Waals surface area contributed by atoms with Gasteiger partial charge in [-0.05, 0) is 37.5 Å². The Balaban J connectivity index is 1.73. The van der Waals surface area contributed by atoms with E-state index in [-0.39, 0.29) is 11.7 Å². The van der Waals surface area contributed by atoms with Crippen LogP contribution in [0.1, 0.15) is 31.7 Å². The molecule has 0 spiro atoms. The van der Waals surface area contributed by atoms with Crippen LogP contribution in [0, 0.1) is 5.82 Å². The standard InChI is InChI=1S/C15H17FN2O2/c1-15(14(19)18-8-2-3-9-18)10-13(17-20-15)11-4-6-12(16)7-5-11/h4-7H,2-3,8-10H2,1H3/t15-/m0/s1. The van der Waals surface area contributed by atoms with Gasteiger partial charge in [-0.15, -0.1) is 0 Å². The first-order chi connectivity index (χ1) is 9.58. The minimum atomic E-state index is -0.923. The van der Waals surface area contributed by atoms with Crippen LogP contribution in [0.5, 0.6) is 0 Å². The molecule has 106 valence electrons. The fourth-order valence-corrected chi connectivity index (χ4v) is 2.71. The molecule has 1 fully saturated rings. The third-order valence-corrected chi connectivity index (χ3v) is 3.89. The highest BCUT2D eigenvalue weighted by atomic mass is 19.1. The fraction of sp³-hybridized carbons (Fsp3) is 0.467. The molecule has 1 saturated heterocycles. The maximum atomic E-state index is 12.9. The first kappa shape index (κ1) is 13.1. The monoisotopic (exact) mass is 276 g/mol. The number of halogens is 1. The molecule has 0 saturated carbocycles. The van der Waals surface area contributed by atoms with Crippen LogP contribution < -0.4 is 0 Å². The highest BCUT2D eigenvalue weighted by Crippen LogP contribution is 2.29. The number of likely N-dealkylation sites (tertiary alicyclic amines) is 1. The molecule has 0 radical (unpaired) electrons. The van der Waals surface area contributed by atoms with Crippen molar-refractivity contribution in [3.63, 3.8) is 0 Å². The van der Waals surface area contributed by atoms with Gasteiger partial charge in [0.2, 0.25) is 5.60 Å². The zero-order valence-electron chi connectivity index (χ0n) is 11.4. The molecule has 3 rings (SSSR count). The third kappa shape index (κ3) is 2.28. The minimum Gasteiger partial charge on any atom is -0.379 e. The number of carbonyl (C=O) groups is 1. The smallest absolute Gasteiger partial charge is 0.269 e. The molecule has 5 heteroatoms. The number of oxime groups is 1. The summed E-state index contributed by atoms with van der Waals surface area (Å²) in [6.45, 7) is 3.36. The van der Waals surface area contributed by atoms with E-state index in [0.29, 0.717) is 12.1 Å². The fourth-order valence-electron chi connectivity index (χ4n) is 2.71. The summed E-state index contributed by atoms with van der Waals surface area (Å²) < 4.78 is 12.9. The lowest BCUT2D eigenvalue weighted by atomic mass is 9.94. The van der Waals surface area contributed by atoms with Gasteiger partial charge >= 0.3 is 0 Å². The number of amides is 1. The maximum Gasteiger partial charge on any atom is 0.269 e. The topological polar surface area (TPSA) is 41.9 Å². The summed E-state index contributed by atoms with van der Waals surface area (Å²) in [6, 6.07) is 6.08. The molecular formula is C15H17FN2O2. The molecule has 20 heavy (non-hydrogen) atoms. The van der Waals surface area contributed by atoms with E-state index >= 15 is 0 Å². The average molecular weight is 276 g/mol. The number of hydrogen-bond donors (Lipinski definition) is 0. The van der Waals surface area contributed by atoms with E-state index in [1.807, 2.05) is 4.90 Å². The lowest BCUT2D eigenvalue weighted by Gasteiger charge is -2.26. The zero-order valence-corrected chi connectivity index (χ0v) is 11.4. The summed E-state index contributed by atoms with van der Waals surface area (Å²) in [5.41, 5.74) is 0.568. The molecule has 2 heterocycles. The Kier molecular flexibility index (Phi) is 3.20. The van der Waals surface area contributed by atoms with Crippen molar-refractivity contribution in [1.82, 2.24) is 4.90 Å². The highest BCUT2D eigenvalue weighted by molar-refractivity contribution is 6.05. The number of nitrogens with zero attached hydrogens (tertiary/aromatic N) is 2. The maximum absolute atomic E-state index is 12.9. The van der Waals surface area contributed by atoms with Gasteiger partial charge in [0.1, 0.15) is 5.82 Å². The lowest BCUT2D eigenvalue weighted by Crippen LogP contribution is -2.46. The Morgan fingerprint density at radius 1 is 1.30 bits per heavy atom. The van der Waals surface area contributed by atoms with E-state index in [9.17, 15) is 9.18 Å². The van der Waals surface area contributed by atoms with Crippen molar-refractivity contribution in [2.75, 3.05) is 13.1 Å². The van der Waals surface area contributed by atoms with Gasteiger partial charge < -0.3 is 9.74 Å². The van der Waals surface area contributed by atoms with Crippen LogP contribution in [0.15, 0.2) is 29.4 Å². The number of rotatable bonds is 2. The Morgan fingerprint density at radius 3 is 2.60 bits per heavy atom. The van der Waals surface area contributed by atoms with Crippen LogP contribution in [0.3, 0.4) is 0 Å². The minimum absolute atomic E-state index is 0.00383. The molecule has 1 aromatic carbocycles. The Bertz CT molecular complexity index is 549. The third-order valence-electron chi connectivity index (χ3n) is 3.89. The van der Waals surface area contributed by atoms with Crippen LogP contribution in [0.4, 0.5) is 4.39 Å². The van der Waals surface area contributed by atoms with E-state index in [2.05, 4.69) is 5.16 Å². The summed E-state index contributed by atoms with van der Waals surface area (Å²) in [4.78, 5) is 19.7. The molecule has 0 N–H and O–H groups in total. The Morgan fingerprint density at radius 2 is 1.95 bits per heavy atom. The van der Waals surface area contributed by atoms with Crippen LogP contribution in [0.25, 0.3) is 0 Å². The van der Waals surface area contributed by atoms with Crippen LogP contribution in [-0.2, 0) is 9.63 Å². The van der Waals surface area contributed by atoms with Crippen molar-refractivity contribution in [2.24, 2.45) is 5.16 Å². The van der Waals surface area contributed by atoms with Crippen LogP contribution in [0.2, 0.25) is 0 Å². The summed E-state index contributed by atoms with van der Waals surface area (Å²) in [7, 11) is 0.